The van der Waals surface area contributed by atoms with Crippen LogP contribution in [-0.4, -0.2) is 34.2 Å². The van der Waals surface area contributed by atoms with Gasteiger partial charge in [0.2, 0.25) is 0 Å². The normalized spacial score (nSPS) is 13.3. The molecule has 0 radical (unpaired) electrons. The lowest BCUT2D eigenvalue weighted by molar-refractivity contribution is -0.147. The molecule has 0 heterocycles. The molecule has 3 N–H and O–H groups in total. The first-order chi connectivity index (χ1) is 9.39. The minimum Gasteiger partial charge on any atom is -0.504 e. The Morgan fingerprint density at radius 2 is 2.00 bits per heavy atom. The second-order valence-electron chi connectivity index (χ2n) is 4.69. The van der Waals surface area contributed by atoms with Crippen LogP contribution in [0, 0.1) is 0 Å². The highest BCUT2D eigenvalue weighted by atomic mass is 16.5. The fourth-order valence-electron chi connectivity index (χ4n) is 1.79. The molecule has 0 bridgehead atoms. The van der Waals surface area contributed by atoms with Crippen molar-refractivity contribution in [1.29, 1.82) is 0 Å². The van der Waals surface area contributed by atoms with E-state index in [1.807, 2.05) is 6.92 Å². The van der Waals surface area contributed by atoms with E-state index in [4.69, 9.17) is 9.84 Å². The third-order valence-corrected chi connectivity index (χ3v) is 2.86. The molecule has 0 aliphatic rings. The van der Waals surface area contributed by atoms with Gasteiger partial charge in [0, 0.05) is 0 Å². The van der Waals surface area contributed by atoms with Gasteiger partial charge >= 0.3 is 5.97 Å². The van der Waals surface area contributed by atoms with E-state index in [0.717, 1.165) is 0 Å². The number of para-hydroxylation sites is 2. The quantitative estimate of drug-likeness (QED) is 0.704. The summed E-state index contributed by atoms with van der Waals surface area (Å²) < 4.78 is 5.15. The SMILES string of the molecule is CCCC(C)(NC(=O)COc1ccccc1O)C(=O)O. The van der Waals surface area contributed by atoms with Crippen molar-refractivity contribution >= 4 is 11.9 Å². The van der Waals surface area contributed by atoms with Gasteiger partial charge in [-0.1, -0.05) is 25.5 Å². The molecule has 0 fully saturated rings. The zero-order chi connectivity index (χ0) is 15.2. The molecule has 1 amide bonds. The average Bonchev–Trinajstić information content (AvgIpc) is 2.38. The number of amides is 1. The third-order valence-electron chi connectivity index (χ3n) is 2.86. The Bertz CT molecular complexity index is 488. The van der Waals surface area contributed by atoms with Crippen molar-refractivity contribution in [2.24, 2.45) is 0 Å². The molecule has 110 valence electrons. The third kappa shape index (κ3) is 4.15. The van der Waals surface area contributed by atoms with Crippen molar-refractivity contribution in [2.75, 3.05) is 6.61 Å². The van der Waals surface area contributed by atoms with Crippen molar-refractivity contribution < 1.29 is 24.5 Å². The number of carboxylic acid groups (broad SMARTS) is 1. The zero-order valence-corrected chi connectivity index (χ0v) is 11.5. The summed E-state index contributed by atoms with van der Waals surface area (Å²) in [6, 6.07) is 6.24. The van der Waals surface area contributed by atoms with Crippen LogP contribution in [0.3, 0.4) is 0 Å². The number of hydrogen-bond acceptors (Lipinski definition) is 4. The van der Waals surface area contributed by atoms with Crippen molar-refractivity contribution in [1.82, 2.24) is 5.32 Å². The molecular formula is C14H19NO5. The first-order valence-corrected chi connectivity index (χ1v) is 6.34. The molecule has 1 rings (SSSR count). The van der Waals surface area contributed by atoms with Crippen LogP contribution in [0.4, 0.5) is 0 Å². The average molecular weight is 281 g/mol. The van der Waals surface area contributed by atoms with Crippen LogP contribution >= 0.6 is 0 Å². The van der Waals surface area contributed by atoms with Gasteiger partial charge in [-0.25, -0.2) is 4.79 Å². The summed E-state index contributed by atoms with van der Waals surface area (Å²) in [5.74, 6) is -1.54. The summed E-state index contributed by atoms with van der Waals surface area (Å²) in [5, 5.41) is 21.1. The first-order valence-electron chi connectivity index (χ1n) is 6.34. The number of aromatic hydroxyl groups is 1. The molecule has 20 heavy (non-hydrogen) atoms. The summed E-state index contributed by atoms with van der Waals surface area (Å²) >= 11 is 0. The summed E-state index contributed by atoms with van der Waals surface area (Å²) in [5.41, 5.74) is -1.31. The van der Waals surface area contributed by atoms with Crippen LogP contribution in [-0.2, 0) is 9.59 Å². The molecule has 0 aliphatic carbocycles. The maximum Gasteiger partial charge on any atom is 0.329 e. The number of carbonyl (C=O) groups is 2. The van der Waals surface area contributed by atoms with E-state index in [0.29, 0.717) is 12.8 Å². The lowest BCUT2D eigenvalue weighted by Crippen LogP contribution is -2.53. The molecule has 0 aromatic heterocycles. The molecule has 6 nitrogen and oxygen atoms in total. The zero-order valence-electron chi connectivity index (χ0n) is 11.5. The number of benzene rings is 1. The number of hydrogen-bond donors (Lipinski definition) is 3. The van der Waals surface area contributed by atoms with E-state index < -0.39 is 17.4 Å². The maximum atomic E-state index is 11.7. The van der Waals surface area contributed by atoms with Crippen LogP contribution < -0.4 is 10.1 Å². The van der Waals surface area contributed by atoms with E-state index in [-0.39, 0.29) is 18.1 Å². The molecule has 6 heteroatoms. The highest BCUT2D eigenvalue weighted by molar-refractivity contribution is 5.87. The minimum absolute atomic E-state index is 0.0742. The second-order valence-corrected chi connectivity index (χ2v) is 4.69. The van der Waals surface area contributed by atoms with Gasteiger partial charge in [-0.05, 0) is 25.5 Å². The lowest BCUT2D eigenvalue weighted by Gasteiger charge is -2.25. The Hall–Kier alpha value is -2.24. The standard InChI is InChI=1S/C14H19NO5/c1-3-8-14(2,13(18)19)15-12(17)9-20-11-7-5-4-6-10(11)16/h4-7,16H,3,8-9H2,1-2H3,(H,15,17)(H,18,19). The molecule has 0 aliphatic heterocycles. The van der Waals surface area contributed by atoms with Gasteiger partial charge in [-0.15, -0.1) is 0 Å². The number of phenols is 1. The Labute approximate surface area is 117 Å². The molecule has 1 unspecified atom stereocenters. The predicted molar refractivity (Wildman–Crippen MR) is 72.7 cm³/mol. The van der Waals surface area contributed by atoms with Crippen molar-refractivity contribution in [2.45, 2.75) is 32.2 Å². The van der Waals surface area contributed by atoms with Crippen LogP contribution in [0.25, 0.3) is 0 Å². The number of rotatable bonds is 7. The minimum atomic E-state index is -1.31. The summed E-state index contributed by atoms with van der Waals surface area (Å²) in [4.78, 5) is 22.9. The van der Waals surface area contributed by atoms with Crippen LogP contribution in [0.5, 0.6) is 11.5 Å². The molecule has 0 spiro atoms. The topological polar surface area (TPSA) is 95.9 Å². The van der Waals surface area contributed by atoms with Gasteiger partial charge in [-0.3, -0.25) is 4.79 Å². The van der Waals surface area contributed by atoms with Crippen molar-refractivity contribution in [3.8, 4) is 11.5 Å². The Morgan fingerprint density at radius 1 is 1.35 bits per heavy atom. The van der Waals surface area contributed by atoms with E-state index in [9.17, 15) is 14.7 Å². The van der Waals surface area contributed by atoms with Crippen LogP contribution in [0.15, 0.2) is 24.3 Å². The largest absolute Gasteiger partial charge is 0.504 e. The lowest BCUT2D eigenvalue weighted by atomic mass is 9.96. The van der Waals surface area contributed by atoms with E-state index in [2.05, 4.69) is 5.32 Å². The van der Waals surface area contributed by atoms with E-state index in [1.165, 1.54) is 19.1 Å². The summed E-state index contributed by atoms with van der Waals surface area (Å²) in [7, 11) is 0. The number of carboxylic acids is 1. The van der Waals surface area contributed by atoms with Gasteiger partial charge in [0.25, 0.3) is 5.91 Å². The summed E-state index contributed by atoms with van der Waals surface area (Å²) in [6.45, 7) is 2.94. The summed E-state index contributed by atoms with van der Waals surface area (Å²) in [6.07, 6.45) is 0.952. The van der Waals surface area contributed by atoms with Crippen LogP contribution in [0.1, 0.15) is 26.7 Å². The number of aliphatic carboxylic acids is 1. The second kappa shape index (κ2) is 6.79. The van der Waals surface area contributed by atoms with Crippen LogP contribution in [0.2, 0.25) is 0 Å². The smallest absolute Gasteiger partial charge is 0.329 e. The Morgan fingerprint density at radius 3 is 2.55 bits per heavy atom. The van der Waals surface area contributed by atoms with Gasteiger partial charge in [-0.2, -0.15) is 0 Å². The molecule has 0 saturated heterocycles. The highest BCUT2D eigenvalue weighted by Crippen LogP contribution is 2.24. The number of carbonyl (C=O) groups excluding carboxylic acids is 1. The molecule has 0 saturated carbocycles. The van der Waals surface area contributed by atoms with Gasteiger partial charge < -0.3 is 20.3 Å². The Kier molecular flexibility index (Phi) is 5.37. The number of ether oxygens (including phenoxy) is 1. The van der Waals surface area contributed by atoms with Gasteiger partial charge in [0.15, 0.2) is 18.1 Å². The maximum absolute atomic E-state index is 11.7. The fraction of sp³-hybridized carbons (Fsp3) is 0.429. The van der Waals surface area contributed by atoms with Crippen molar-refractivity contribution in [3.05, 3.63) is 24.3 Å². The van der Waals surface area contributed by atoms with E-state index in [1.54, 1.807) is 12.1 Å². The number of phenolic OH excluding ortho intramolecular Hbond substituents is 1. The monoisotopic (exact) mass is 281 g/mol. The molecule has 1 atom stereocenters. The van der Waals surface area contributed by atoms with Crippen molar-refractivity contribution in [3.63, 3.8) is 0 Å². The highest BCUT2D eigenvalue weighted by Gasteiger charge is 2.33. The van der Waals surface area contributed by atoms with E-state index >= 15 is 0 Å². The first kappa shape index (κ1) is 15.8. The molecule has 1 aromatic rings. The van der Waals surface area contributed by atoms with Gasteiger partial charge in [0.1, 0.15) is 5.54 Å². The number of nitrogens with one attached hydrogen (secondary N) is 1. The molecule has 1 aromatic carbocycles. The van der Waals surface area contributed by atoms with Gasteiger partial charge in [0.05, 0.1) is 0 Å². The molecular weight excluding hydrogens is 262 g/mol. The Balaban J connectivity index is 2.59. The predicted octanol–water partition coefficient (Wildman–Crippen LogP) is 1.53. The fourth-order valence-corrected chi connectivity index (χ4v) is 1.79.